The van der Waals surface area contributed by atoms with E-state index in [0.717, 1.165) is 10.9 Å². The highest BCUT2D eigenvalue weighted by Gasteiger charge is 2.04. The van der Waals surface area contributed by atoms with Gasteiger partial charge in [-0.05, 0) is 38.1 Å². The van der Waals surface area contributed by atoms with Crippen LogP contribution in [-0.2, 0) is 0 Å². The lowest BCUT2D eigenvalue weighted by molar-refractivity contribution is 0.233. The first-order chi connectivity index (χ1) is 10.1. The number of aromatic nitrogens is 1. The van der Waals surface area contributed by atoms with Crippen molar-refractivity contribution >= 4 is 10.9 Å². The summed E-state index contributed by atoms with van der Waals surface area (Å²) in [5, 5.41) is 0.933. The molecule has 5 heteroatoms. The van der Waals surface area contributed by atoms with Gasteiger partial charge in [0.25, 0.3) is 0 Å². The molecule has 0 aliphatic rings. The average molecular weight is 290 g/mol. The molecule has 0 radical (unpaired) electrons. The maximum atomic E-state index is 12.4. The zero-order chi connectivity index (χ0) is 15.2. The maximum Gasteiger partial charge on any atom is 0.214 e. The van der Waals surface area contributed by atoms with Crippen LogP contribution in [0.5, 0.6) is 11.6 Å². The molecule has 0 spiro atoms. The number of fused-ring (bicyclic) bond motifs is 1. The summed E-state index contributed by atoms with van der Waals surface area (Å²) in [7, 11) is 0. The van der Waals surface area contributed by atoms with Crippen LogP contribution in [0.1, 0.15) is 13.8 Å². The normalized spacial score (nSPS) is 12.0. The number of rotatable bonds is 6. The molecule has 112 valence electrons. The van der Waals surface area contributed by atoms with Gasteiger partial charge in [0.05, 0.1) is 18.0 Å². The molecule has 0 bridgehead atoms. The Morgan fingerprint density at radius 1 is 1.33 bits per heavy atom. The van der Waals surface area contributed by atoms with Gasteiger partial charge in [0.15, 0.2) is 0 Å². The molecule has 1 aromatic carbocycles. The first-order valence-corrected chi connectivity index (χ1v) is 6.81. The van der Waals surface area contributed by atoms with E-state index in [1.54, 1.807) is 6.07 Å². The SMILES string of the molecule is CC(C)Oc1ccc2cc(OC/C(=C/F)CN)ccc2n1. The van der Waals surface area contributed by atoms with Crippen LogP contribution >= 0.6 is 0 Å². The van der Waals surface area contributed by atoms with Gasteiger partial charge in [-0.3, -0.25) is 0 Å². The van der Waals surface area contributed by atoms with Gasteiger partial charge in [0.1, 0.15) is 12.4 Å². The quantitative estimate of drug-likeness (QED) is 0.887. The van der Waals surface area contributed by atoms with Crippen LogP contribution < -0.4 is 15.2 Å². The summed E-state index contributed by atoms with van der Waals surface area (Å²) < 4.78 is 23.5. The third-order valence-corrected chi connectivity index (χ3v) is 2.83. The van der Waals surface area contributed by atoms with Gasteiger partial charge in [-0.25, -0.2) is 9.37 Å². The van der Waals surface area contributed by atoms with Crippen molar-refractivity contribution in [2.45, 2.75) is 20.0 Å². The fourth-order valence-electron chi connectivity index (χ4n) is 1.79. The summed E-state index contributed by atoms with van der Waals surface area (Å²) in [6.45, 7) is 4.19. The summed E-state index contributed by atoms with van der Waals surface area (Å²) >= 11 is 0. The molecule has 0 aliphatic heterocycles. The van der Waals surface area contributed by atoms with Crippen LogP contribution in [-0.4, -0.2) is 24.2 Å². The van der Waals surface area contributed by atoms with E-state index in [1.165, 1.54) is 0 Å². The Labute approximate surface area is 123 Å². The number of nitrogens with zero attached hydrogens (tertiary/aromatic N) is 1. The number of benzene rings is 1. The van der Waals surface area contributed by atoms with Gasteiger partial charge in [-0.2, -0.15) is 0 Å². The Morgan fingerprint density at radius 2 is 2.14 bits per heavy atom. The minimum atomic E-state index is 0.0831. The summed E-state index contributed by atoms with van der Waals surface area (Å²) in [6, 6.07) is 9.23. The smallest absolute Gasteiger partial charge is 0.214 e. The van der Waals surface area contributed by atoms with Crippen LogP contribution in [0.25, 0.3) is 10.9 Å². The monoisotopic (exact) mass is 290 g/mol. The molecule has 21 heavy (non-hydrogen) atoms. The van der Waals surface area contributed by atoms with Crippen molar-refractivity contribution in [1.29, 1.82) is 0 Å². The Hall–Kier alpha value is -2.14. The largest absolute Gasteiger partial charge is 0.489 e. The van der Waals surface area contributed by atoms with Crippen molar-refractivity contribution in [3.8, 4) is 11.6 Å². The molecular formula is C16H19FN2O2. The molecule has 1 aromatic heterocycles. The number of hydrogen-bond donors (Lipinski definition) is 1. The average Bonchev–Trinajstić information content (AvgIpc) is 2.47. The van der Waals surface area contributed by atoms with Crippen molar-refractivity contribution in [2.75, 3.05) is 13.2 Å². The van der Waals surface area contributed by atoms with Crippen LogP contribution in [0.4, 0.5) is 4.39 Å². The van der Waals surface area contributed by atoms with Crippen molar-refractivity contribution in [1.82, 2.24) is 4.98 Å². The van der Waals surface area contributed by atoms with Crippen LogP contribution in [0.3, 0.4) is 0 Å². The summed E-state index contributed by atoms with van der Waals surface area (Å²) in [4.78, 5) is 4.41. The lowest BCUT2D eigenvalue weighted by Crippen LogP contribution is -2.10. The van der Waals surface area contributed by atoms with Gasteiger partial charge < -0.3 is 15.2 Å². The van der Waals surface area contributed by atoms with E-state index in [1.807, 2.05) is 38.1 Å². The van der Waals surface area contributed by atoms with Crippen molar-refractivity contribution < 1.29 is 13.9 Å². The Kier molecular flexibility index (Phi) is 5.11. The summed E-state index contributed by atoms with van der Waals surface area (Å²) in [5.41, 5.74) is 6.61. The molecule has 1 heterocycles. The van der Waals surface area contributed by atoms with Crippen molar-refractivity contribution in [3.63, 3.8) is 0 Å². The number of nitrogens with two attached hydrogens (primary N) is 1. The fourth-order valence-corrected chi connectivity index (χ4v) is 1.79. The molecule has 0 atom stereocenters. The molecule has 0 amide bonds. The van der Waals surface area contributed by atoms with E-state index in [-0.39, 0.29) is 19.3 Å². The number of halogens is 1. The Balaban J connectivity index is 2.15. The summed E-state index contributed by atoms with van der Waals surface area (Å²) in [5.74, 6) is 1.24. The molecule has 0 fully saturated rings. The molecule has 4 nitrogen and oxygen atoms in total. The van der Waals surface area contributed by atoms with Gasteiger partial charge in [0.2, 0.25) is 5.88 Å². The van der Waals surface area contributed by atoms with Gasteiger partial charge >= 0.3 is 0 Å². The van der Waals surface area contributed by atoms with Gasteiger partial charge in [0, 0.05) is 23.6 Å². The van der Waals surface area contributed by atoms with E-state index in [0.29, 0.717) is 23.5 Å². The third kappa shape index (κ3) is 4.16. The molecular weight excluding hydrogens is 271 g/mol. The molecule has 0 unspecified atom stereocenters. The molecule has 0 saturated carbocycles. The highest BCUT2D eigenvalue weighted by molar-refractivity contribution is 5.80. The zero-order valence-electron chi connectivity index (χ0n) is 12.2. The third-order valence-electron chi connectivity index (χ3n) is 2.83. The van der Waals surface area contributed by atoms with Crippen LogP contribution in [0.2, 0.25) is 0 Å². The molecule has 2 rings (SSSR count). The first-order valence-electron chi connectivity index (χ1n) is 6.81. The standard InChI is InChI=1S/C16H19FN2O2/c1-11(2)21-16-6-3-13-7-14(4-5-15(13)19-16)20-10-12(8-17)9-18/h3-8,11H,9-10,18H2,1-2H3/b12-8+. The highest BCUT2D eigenvalue weighted by Crippen LogP contribution is 2.22. The van der Waals surface area contributed by atoms with E-state index < -0.39 is 0 Å². The second-order valence-corrected chi connectivity index (χ2v) is 4.93. The molecule has 0 saturated heterocycles. The van der Waals surface area contributed by atoms with E-state index in [4.69, 9.17) is 15.2 Å². The highest BCUT2D eigenvalue weighted by atomic mass is 19.1. The number of hydrogen-bond acceptors (Lipinski definition) is 4. The first kappa shape index (κ1) is 15.3. The van der Waals surface area contributed by atoms with E-state index >= 15 is 0 Å². The summed E-state index contributed by atoms with van der Waals surface area (Å²) in [6.07, 6.45) is 0.567. The van der Waals surface area contributed by atoms with Crippen LogP contribution in [0, 0.1) is 0 Å². The van der Waals surface area contributed by atoms with Gasteiger partial charge in [-0.1, -0.05) is 0 Å². The number of ether oxygens (including phenoxy) is 2. The Bertz CT molecular complexity index is 641. The molecule has 0 aliphatic carbocycles. The minimum Gasteiger partial charge on any atom is -0.489 e. The lowest BCUT2D eigenvalue weighted by Gasteiger charge is -2.10. The minimum absolute atomic E-state index is 0.0831. The van der Waals surface area contributed by atoms with E-state index in [2.05, 4.69) is 4.98 Å². The second-order valence-electron chi connectivity index (χ2n) is 4.93. The second kappa shape index (κ2) is 7.04. The molecule has 2 N–H and O–H groups in total. The topological polar surface area (TPSA) is 57.4 Å². The van der Waals surface area contributed by atoms with Crippen LogP contribution in [0.15, 0.2) is 42.2 Å². The van der Waals surface area contributed by atoms with Crippen molar-refractivity contribution in [3.05, 3.63) is 42.2 Å². The Morgan fingerprint density at radius 3 is 2.81 bits per heavy atom. The van der Waals surface area contributed by atoms with Crippen molar-refractivity contribution in [2.24, 2.45) is 5.73 Å². The predicted octanol–water partition coefficient (Wildman–Crippen LogP) is 3.21. The van der Waals surface area contributed by atoms with Gasteiger partial charge in [-0.15, -0.1) is 0 Å². The van der Waals surface area contributed by atoms with E-state index in [9.17, 15) is 4.39 Å². The molecule has 2 aromatic rings. The fraction of sp³-hybridized carbons (Fsp3) is 0.312. The predicted molar refractivity (Wildman–Crippen MR) is 81.2 cm³/mol. The zero-order valence-corrected chi connectivity index (χ0v) is 12.2. The maximum absolute atomic E-state index is 12.4. The lowest BCUT2D eigenvalue weighted by atomic mass is 10.2. The number of pyridine rings is 1.